The molecule has 0 atom stereocenters. The molecule has 17 heavy (non-hydrogen) atoms. The zero-order chi connectivity index (χ0) is 12.4. The van der Waals surface area contributed by atoms with Crippen LogP contribution in [-0.2, 0) is 0 Å². The van der Waals surface area contributed by atoms with Gasteiger partial charge in [-0.2, -0.15) is 0 Å². The molecular weight excluding hydrogens is 276 g/mol. The van der Waals surface area contributed by atoms with Crippen molar-refractivity contribution < 1.29 is 0 Å². The molecule has 2 aromatic rings. The van der Waals surface area contributed by atoms with Crippen LogP contribution in [0.1, 0.15) is 11.1 Å². The molecule has 0 heterocycles. The molecule has 3 heteroatoms. The molecule has 0 radical (unpaired) electrons. The van der Waals surface area contributed by atoms with Gasteiger partial charge in [0.1, 0.15) is 0 Å². The fourth-order valence-corrected chi connectivity index (χ4v) is 2.24. The molecule has 3 N–H and O–H groups in total. The van der Waals surface area contributed by atoms with Crippen LogP contribution in [0.4, 0.5) is 17.1 Å². The minimum absolute atomic E-state index is 0.753. The van der Waals surface area contributed by atoms with Gasteiger partial charge in [0.2, 0.25) is 0 Å². The summed E-state index contributed by atoms with van der Waals surface area (Å²) in [6.45, 7) is 4.12. The van der Waals surface area contributed by atoms with Crippen molar-refractivity contribution >= 4 is 33.0 Å². The SMILES string of the molecule is Cc1ccc(Nc2cc(C)ccc2N)c(Br)c1. The lowest BCUT2D eigenvalue weighted by Gasteiger charge is -2.12. The van der Waals surface area contributed by atoms with Crippen LogP contribution in [0.25, 0.3) is 0 Å². The molecule has 0 saturated heterocycles. The van der Waals surface area contributed by atoms with Gasteiger partial charge in [0.05, 0.1) is 17.1 Å². The first-order valence-corrected chi connectivity index (χ1v) is 6.25. The second kappa shape index (κ2) is 4.80. The summed E-state index contributed by atoms with van der Waals surface area (Å²) in [6.07, 6.45) is 0. The highest BCUT2D eigenvalue weighted by atomic mass is 79.9. The highest BCUT2D eigenvalue weighted by molar-refractivity contribution is 9.10. The summed E-state index contributed by atoms with van der Waals surface area (Å²) in [5, 5.41) is 3.34. The molecule has 88 valence electrons. The number of halogens is 1. The van der Waals surface area contributed by atoms with Gasteiger partial charge in [0.25, 0.3) is 0 Å². The third kappa shape index (κ3) is 2.80. The number of aryl methyl sites for hydroxylation is 2. The van der Waals surface area contributed by atoms with E-state index in [-0.39, 0.29) is 0 Å². The molecule has 0 saturated carbocycles. The first-order chi connectivity index (χ1) is 8.06. The molecule has 0 bridgehead atoms. The lowest BCUT2D eigenvalue weighted by atomic mass is 10.1. The molecule has 2 rings (SSSR count). The summed E-state index contributed by atoms with van der Waals surface area (Å²) in [4.78, 5) is 0. The van der Waals surface area contributed by atoms with Gasteiger partial charge in [-0.3, -0.25) is 0 Å². The van der Waals surface area contributed by atoms with Gasteiger partial charge < -0.3 is 11.1 Å². The van der Waals surface area contributed by atoms with Crippen molar-refractivity contribution in [3.63, 3.8) is 0 Å². The summed E-state index contributed by atoms with van der Waals surface area (Å²) in [7, 11) is 0. The Morgan fingerprint density at radius 3 is 2.29 bits per heavy atom. The van der Waals surface area contributed by atoms with E-state index in [0.717, 1.165) is 21.5 Å². The zero-order valence-corrected chi connectivity index (χ0v) is 11.5. The third-order valence-electron chi connectivity index (χ3n) is 2.60. The number of anilines is 3. The van der Waals surface area contributed by atoms with Crippen molar-refractivity contribution in [1.29, 1.82) is 0 Å². The van der Waals surface area contributed by atoms with Gasteiger partial charge in [-0.25, -0.2) is 0 Å². The fraction of sp³-hybridized carbons (Fsp3) is 0.143. The summed E-state index contributed by atoms with van der Waals surface area (Å²) in [5.41, 5.74) is 11.1. The largest absolute Gasteiger partial charge is 0.397 e. The zero-order valence-electron chi connectivity index (χ0n) is 9.92. The molecular formula is C14H15BrN2. The van der Waals surface area contributed by atoms with Gasteiger partial charge in [-0.15, -0.1) is 0 Å². The molecule has 0 aliphatic heterocycles. The van der Waals surface area contributed by atoms with Crippen LogP contribution in [0, 0.1) is 13.8 Å². The normalized spacial score (nSPS) is 10.3. The second-order valence-corrected chi connectivity index (χ2v) is 5.05. The van der Waals surface area contributed by atoms with Gasteiger partial charge in [-0.05, 0) is 65.2 Å². The quantitative estimate of drug-likeness (QED) is 0.805. The van der Waals surface area contributed by atoms with E-state index in [1.54, 1.807) is 0 Å². The average molecular weight is 291 g/mol. The Labute approximate surface area is 110 Å². The minimum Gasteiger partial charge on any atom is -0.397 e. The van der Waals surface area contributed by atoms with E-state index in [4.69, 9.17) is 5.73 Å². The summed E-state index contributed by atoms with van der Waals surface area (Å²) >= 11 is 3.54. The van der Waals surface area contributed by atoms with Gasteiger partial charge in [0, 0.05) is 4.47 Å². The van der Waals surface area contributed by atoms with Crippen molar-refractivity contribution in [2.75, 3.05) is 11.1 Å². The first-order valence-electron chi connectivity index (χ1n) is 5.45. The lowest BCUT2D eigenvalue weighted by Crippen LogP contribution is -1.97. The van der Waals surface area contributed by atoms with Crippen LogP contribution in [0.2, 0.25) is 0 Å². The van der Waals surface area contributed by atoms with E-state index >= 15 is 0 Å². The molecule has 0 aromatic heterocycles. The molecule has 0 fully saturated rings. The van der Waals surface area contributed by atoms with Gasteiger partial charge >= 0.3 is 0 Å². The Kier molecular flexibility index (Phi) is 3.38. The number of hydrogen-bond acceptors (Lipinski definition) is 2. The van der Waals surface area contributed by atoms with E-state index in [1.165, 1.54) is 11.1 Å². The van der Waals surface area contributed by atoms with Crippen molar-refractivity contribution in [2.45, 2.75) is 13.8 Å². The molecule has 0 spiro atoms. The summed E-state index contributed by atoms with van der Waals surface area (Å²) < 4.78 is 1.04. The van der Waals surface area contributed by atoms with E-state index in [1.807, 2.05) is 24.3 Å². The highest BCUT2D eigenvalue weighted by Gasteiger charge is 2.03. The van der Waals surface area contributed by atoms with E-state index < -0.39 is 0 Å². The number of nitrogens with two attached hydrogens (primary N) is 1. The molecule has 2 nitrogen and oxygen atoms in total. The van der Waals surface area contributed by atoms with Crippen LogP contribution in [-0.4, -0.2) is 0 Å². The predicted molar refractivity (Wildman–Crippen MR) is 77.8 cm³/mol. The Morgan fingerprint density at radius 1 is 0.941 bits per heavy atom. The van der Waals surface area contributed by atoms with Crippen LogP contribution in [0.3, 0.4) is 0 Å². The van der Waals surface area contributed by atoms with Crippen LogP contribution < -0.4 is 11.1 Å². The number of hydrogen-bond donors (Lipinski definition) is 2. The number of rotatable bonds is 2. The predicted octanol–water partition coefficient (Wildman–Crippen LogP) is 4.39. The third-order valence-corrected chi connectivity index (χ3v) is 3.26. The Hall–Kier alpha value is -1.48. The average Bonchev–Trinajstić information content (AvgIpc) is 2.27. The molecule has 2 aromatic carbocycles. The maximum absolute atomic E-state index is 5.94. The van der Waals surface area contributed by atoms with Crippen molar-refractivity contribution in [3.05, 3.63) is 52.0 Å². The Morgan fingerprint density at radius 2 is 1.59 bits per heavy atom. The standard InChI is InChI=1S/C14H15BrN2/c1-9-4-6-13(11(15)7-9)17-14-8-10(2)3-5-12(14)16/h3-8,17H,16H2,1-2H3. The van der Waals surface area contributed by atoms with Crippen molar-refractivity contribution in [3.8, 4) is 0 Å². The maximum Gasteiger partial charge on any atom is 0.0620 e. The van der Waals surface area contributed by atoms with Gasteiger partial charge in [0.15, 0.2) is 0 Å². The molecule has 0 unspecified atom stereocenters. The molecule has 0 amide bonds. The molecule has 0 aliphatic rings. The van der Waals surface area contributed by atoms with E-state index in [0.29, 0.717) is 0 Å². The van der Waals surface area contributed by atoms with E-state index in [9.17, 15) is 0 Å². The fourth-order valence-electron chi connectivity index (χ4n) is 1.64. The topological polar surface area (TPSA) is 38.0 Å². The van der Waals surface area contributed by atoms with Crippen LogP contribution >= 0.6 is 15.9 Å². The van der Waals surface area contributed by atoms with E-state index in [2.05, 4.69) is 47.2 Å². The van der Waals surface area contributed by atoms with Crippen LogP contribution in [0.5, 0.6) is 0 Å². The second-order valence-electron chi connectivity index (χ2n) is 4.20. The smallest absolute Gasteiger partial charge is 0.0620 e. The number of nitrogens with one attached hydrogen (secondary N) is 1. The maximum atomic E-state index is 5.94. The molecule has 0 aliphatic carbocycles. The first kappa shape index (κ1) is 12.0. The summed E-state index contributed by atoms with van der Waals surface area (Å²) in [6, 6.07) is 12.2. The van der Waals surface area contributed by atoms with Crippen LogP contribution in [0.15, 0.2) is 40.9 Å². The summed E-state index contributed by atoms with van der Waals surface area (Å²) in [5.74, 6) is 0. The Bertz CT molecular complexity index is 550. The highest BCUT2D eigenvalue weighted by Crippen LogP contribution is 2.29. The number of nitrogen functional groups attached to an aromatic ring is 1. The minimum atomic E-state index is 0.753. The monoisotopic (exact) mass is 290 g/mol. The lowest BCUT2D eigenvalue weighted by molar-refractivity contribution is 1.41. The Balaban J connectivity index is 2.34. The van der Waals surface area contributed by atoms with Crippen molar-refractivity contribution in [2.24, 2.45) is 0 Å². The van der Waals surface area contributed by atoms with Gasteiger partial charge in [-0.1, -0.05) is 12.1 Å². The van der Waals surface area contributed by atoms with Crippen molar-refractivity contribution in [1.82, 2.24) is 0 Å². The number of benzene rings is 2.